The van der Waals surface area contributed by atoms with Gasteiger partial charge in [-0.2, -0.15) is 0 Å². The molecule has 0 radical (unpaired) electrons. The normalized spacial score (nSPS) is 12.6. The van der Waals surface area contributed by atoms with E-state index in [2.05, 4.69) is 0 Å². The van der Waals surface area contributed by atoms with Gasteiger partial charge < -0.3 is 10.2 Å². The number of halogens is 1. The Hall–Kier alpha value is -0.980. The Labute approximate surface area is 119 Å². The maximum absolute atomic E-state index is 13.8. The molecule has 0 bridgehead atoms. The van der Waals surface area contributed by atoms with Gasteiger partial charge in [0, 0.05) is 11.2 Å². The van der Waals surface area contributed by atoms with E-state index in [-0.39, 0.29) is 29.9 Å². The molecule has 0 saturated heterocycles. The fourth-order valence-electron chi connectivity index (χ4n) is 2.18. The smallest absolute Gasteiger partial charge is 0.150 e. The van der Waals surface area contributed by atoms with Gasteiger partial charge in [0.25, 0.3) is 0 Å². The predicted molar refractivity (Wildman–Crippen MR) is 75.8 cm³/mol. The minimum atomic E-state index is -3.11. The Morgan fingerprint density at radius 3 is 2.30 bits per heavy atom. The van der Waals surface area contributed by atoms with Crippen LogP contribution in [-0.2, 0) is 15.3 Å². The molecule has 0 fully saturated rings. The average Bonchev–Trinajstić information content (AvgIpc) is 2.45. The fraction of sp³-hybridized carbons (Fsp3) is 0.571. The largest absolute Gasteiger partial charge is 0.395 e. The zero-order valence-corrected chi connectivity index (χ0v) is 12.4. The van der Waals surface area contributed by atoms with Gasteiger partial charge in [-0.25, -0.2) is 12.8 Å². The van der Waals surface area contributed by atoms with E-state index in [1.807, 2.05) is 0 Å². The van der Waals surface area contributed by atoms with Crippen molar-refractivity contribution in [3.63, 3.8) is 0 Å². The van der Waals surface area contributed by atoms with Crippen molar-refractivity contribution in [2.24, 2.45) is 0 Å². The molecule has 1 aromatic carbocycles. The van der Waals surface area contributed by atoms with Gasteiger partial charge in [-0.1, -0.05) is 25.1 Å². The van der Waals surface area contributed by atoms with Crippen LogP contribution >= 0.6 is 0 Å². The van der Waals surface area contributed by atoms with E-state index in [0.717, 1.165) is 0 Å². The Morgan fingerprint density at radius 2 is 1.80 bits per heavy atom. The van der Waals surface area contributed by atoms with Crippen molar-refractivity contribution in [2.75, 3.05) is 24.7 Å². The van der Waals surface area contributed by atoms with Crippen molar-refractivity contribution in [2.45, 2.75) is 25.2 Å². The van der Waals surface area contributed by atoms with Crippen LogP contribution in [0.2, 0.25) is 0 Å². The molecule has 1 aromatic rings. The zero-order valence-electron chi connectivity index (χ0n) is 11.5. The predicted octanol–water partition coefficient (Wildman–Crippen LogP) is 1.26. The first kappa shape index (κ1) is 17.1. The molecule has 0 heterocycles. The molecule has 0 aliphatic carbocycles. The van der Waals surface area contributed by atoms with E-state index in [1.54, 1.807) is 13.0 Å². The van der Waals surface area contributed by atoms with Gasteiger partial charge in [-0.3, -0.25) is 0 Å². The summed E-state index contributed by atoms with van der Waals surface area (Å²) >= 11 is 0. The van der Waals surface area contributed by atoms with Crippen molar-refractivity contribution in [3.05, 3.63) is 35.6 Å². The average molecular weight is 304 g/mol. The van der Waals surface area contributed by atoms with Crippen molar-refractivity contribution < 1.29 is 23.0 Å². The third kappa shape index (κ3) is 4.01. The molecule has 0 aromatic heterocycles. The number of aliphatic hydroxyl groups is 2. The third-order valence-corrected chi connectivity index (χ3v) is 5.39. The highest BCUT2D eigenvalue weighted by Gasteiger charge is 2.33. The Balaban J connectivity index is 2.91. The van der Waals surface area contributed by atoms with Crippen LogP contribution in [0.1, 0.15) is 25.3 Å². The fourth-order valence-corrected chi connectivity index (χ4v) is 3.05. The summed E-state index contributed by atoms with van der Waals surface area (Å²) in [6.45, 7) is 0.699. The van der Waals surface area contributed by atoms with Crippen LogP contribution in [0, 0.1) is 5.82 Å². The standard InChI is InChI=1S/C14H21FO4S/c1-2-20(18,19)9-5-8-14(10-16,11-17)12-6-3-4-7-13(12)15/h3-4,6-7,16-17H,2,5,8-11H2,1H3. The van der Waals surface area contributed by atoms with E-state index in [1.165, 1.54) is 18.2 Å². The van der Waals surface area contributed by atoms with Crippen molar-refractivity contribution in [3.8, 4) is 0 Å². The van der Waals surface area contributed by atoms with Crippen molar-refractivity contribution in [1.82, 2.24) is 0 Å². The first-order chi connectivity index (χ1) is 9.40. The van der Waals surface area contributed by atoms with Gasteiger partial charge in [0.1, 0.15) is 15.7 Å². The van der Waals surface area contributed by atoms with E-state index >= 15 is 0 Å². The Bertz CT molecular complexity index is 524. The van der Waals surface area contributed by atoms with E-state index in [4.69, 9.17) is 0 Å². The molecule has 4 nitrogen and oxygen atoms in total. The molecular formula is C14H21FO4S. The summed E-state index contributed by atoms with van der Waals surface area (Å²) in [5.74, 6) is -0.480. The van der Waals surface area contributed by atoms with Crippen LogP contribution in [-0.4, -0.2) is 43.4 Å². The minimum absolute atomic E-state index is 0.0281. The van der Waals surface area contributed by atoms with Crippen LogP contribution in [0.15, 0.2) is 24.3 Å². The zero-order chi connectivity index (χ0) is 15.2. The highest BCUT2D eigenvalue weighted by atomic mass is 32.2. The van der Waals surface area contributed by atoms with Crippen molar-refractivity contribution >= 4 is 9.84 Å². The van der Waals surface area contributed by atoms with Crippen LogP contribution in [0.25, 0.3) is 0 Å². The van der Waals surface area contributed by atoms with Crippen LogP contribution in [0.4, 0.5) is 4.39 Å². The van der Waals surface area contributed by atoms with Gasteiger partial charge >= 0.3 is 0 Å². The minimum Gasteiger partial charge on any atom is -0.395 e. The second kappa shape index (κ2) is 7.15. The quantitative estimate of drug-likeness (QED) is 0.758. The molecule has 114 valence electrons. The topological polar surface area (TPSA) is 74.6 Å². The second-order valence-electron chi connectivity index (χ2n) is 4.92. The molecule has 6 heteroatoms. The second-order valence-corrected chi connectivity index (χ2v) is 7.39. The lowest BCUT2D eigenvalue weighted by Gasteiger charge is -2.30. The summed E-state index contributed by atoms with van der Waals surface area (Å²) < 4.78 is 36.8. The Kier molecular flexibility index (Phi) is 6.10. The van der Waals surface area contributed by atoms with E-state index < -0.39 is 34.3 Å². The summed E-state index contributed by atoms with van der Waals surface area (Å²) in [6.07, 6.45) is 0.478. The van der Waals surface area contributed by atoms with E-state index in [9.17, 15) is 23.0 Å². The van der Waals surface area contributed by atoms with Gasteiger partial charge in [0.05, 0.1) is 19.0 Å². The maximum Gasteiger partial charge on any atom is 0.150 e. The number of rotatable bonds is 8. The molecule has 0 atom stereocenters. The number of sulfone groups is 1. The molecule has 0 spiro atoms. The number of hydrogen-bond acceptors (Lipinski definition) is 4. The van der Waals surface area contributed by atoms with Gasteiger partial charge in [-0.05, 0) is 24.5 Å². The highest BCUT2D eigenvalue weighted by molar-refractivity contribution is 7.91. The SMILES string of the molecule is CCS(=O)(=O)CCCC(CO)(CO)c1ccccc1F. The van der Waals surface area contributed by atoms with Crippen LogP contribution < -0.4 is 0 Å². The molecule has 0 aliphatic rings. The lowest BCUT2D eigenvalue weighted by molar-refractivity contribution is 0.106. The Morgan fingerprint density at radius 1 is 1.20 bits per heavy atom. The highest BCUT2D eigenvalue weighted by Crippen LogP contribution is 2.31. The summed E-state index contributed by atoms with van der Waals surface area (Å²) in [7, 11) is -3.11. The monoisotopic (exact) mass is 304 g/mol. The van der Waals surface area contributed by atoms with Crippen LogP contribution in [0.3, 0.4) is 0 Å². The summed E-state index contributed by atoms with van der Waals surface area (Å²) in [5.41, 5.74) is -0.923. The first-order valence-electron chi connectivity index (χ1n) is 6.58. The lowest BCUT2D eigenvalue weighted by Crippen LogP contribution is -2.36. The number of benzene rings is 1. The van der Waals surface area contributed by atoms with Gasteiger partial charge in [-0.15, -0.1) is 0 Å². The number of hydrogen-bond donors (Lipinski definition) is 2. The molecule has 0 saturated carbocycles. The first-order valence-corrected chi connectivity index (χ1v) is 8.40. The summed E-state index contributed by atoms with van der Waals surface area (Å²) in [5, 5.41) is 19.1. The van der Waals surface area contributed by atoms with Crippen LogP contribution in [0.5, 0.6) is 0 Å². The molecule has 0 amide bonds. The molecule has 1 rings (SSSR count). The third-order valence-electron chi connectivity index (χ3n) is 3.60. The van der Waals surface area contributed by atoms with E-state index in [0.29, 0.717) is 0 Å². The molecule has 20 heavy (non-hydrogen) atoms. The van der Waals surface area contributed by atoms with Gasteiger partial charge in [0.15, 0.2) is 0 Å². The van der Waals surface area contributed by atoms with Crippen molar-refractivity contribution in [1.29, 1.82) is 0 Å². The molecular weight excluding hydrogens is 283 g/mol. The molecule has 0 unspecified atom stereocenters. The number of aliphatic hydroxyl groups excluding tert-OH is 2. The molecule has 0 aliphatic heterocycles. The molecule has 2 N–H and O–H groups in total. The summed E-state index contributed by atoms with van der Waals surface area (Å²) in [4.78, 5) is 0. The maximum atomic E-state index is 13.8. The van der Waals surface area contributed by atoms with Gasteiger partial charge in [0.2, 0.25) is 0 Å². The lowest BCUT2D eigenvalue weighted by atomic mass is 9.78. The summed E-state index contributed by atoms with van der Waals surface area (Å²) in [6, 6.07) is 5.93.